The van der Waals surface area contributed by atoms with Crippen molar-refractivity contribution in [2.24, 2.45) is 23.2 Å². The molecule has 0 spiro atoms. The number of ether oxygens (including phenoxy) is 3. The van der Waals surface area contributed by atoms with Crippen LogP contribution in [0.1, 0.15) is 59.3 Å². The highest BCUT2D eigenvalue weighted by Crippen LogP contribution is 2.52. The molecular formula is C21H39NO4. The smallest absolute Gasteiger partial charge is 0.226 e. The number of amides is 1. The summed E-state index contributed by atoms with van der Waals surface area (Å²) in [6, 6.07) is 0. The van der Waals surface area contributed by atoms with Crippen molar-refractivity contribution in [3.8, 4) is 0 Å². The Morgan fingerprint density at radius 3 is 2.00 bits per heavy atom. The maximum Gasteiger partial charge on any atom is 0.226 e. The van der Waals surface area contributed by atoms with Crippen LogP contribution in [0.15, 0.2) is 0 Å². The average Bonchev–Trinajstić information content (AvgIpc) is 2.58. The molecular weight excluding hydrogens is 330 g/mol. The van der Waals surface area contributed by atoms with Gasteiger partial charge in [-0.1, -0.05) is 20.8 Å². The highest BCUT2D eigenvalue weighted by Gasteiger charge is 2.48. The molecule has 0 radical (unpaired) electrons. The Labute approximate surface area is 159 Å². The van der Waals surface area contributed by atoms with Gasteiger partial charge in [-0.3, -0.25) is 4.79 Å². The molecule has 0 aromatic carbocycles. The predicted octanol–water partition coefficient (Wildman–Crippen LogP) is 3.41. The normalized spacial score (nSPS) is 31.0. The molecule has 2 saturated carbocycles. The molecule has 2 aliphatic carbocycles. The molecule has 2 aliphatic rings. The van der Waals surface area contributed by atoms with Crippen LogP contribution in [0.3, 0.4) is 0 Å². The summed E-state index contributed by atoms with van der Waals surface area (Å²) < 4.78 is 16.4. The van der Waals surface area contributed by atoms with E-state index in [0.717, 1.165) is 38.2 Å². The topological polar surface area (TPSA) is 56.8 Å². The first-order chi connectivity index (χ1) is 12.6. The number of fused-ring (bicyclic) bond motifs is 2. The van der Waals surface area contributed by atoms with E-state index in [2.05, 4.69) is 26.1 Å². The quantitative estimate of drug-likeness (QED) is 0.536. The largest absolute Gasteiger partial charge is 0.379 e. The molecule has 0 heterocycles. The molecule has 26 heavy (non-hydrogen) atoms. The Hall–Kier alpha value is -0.650. The zero-order valence-corrected chi connectivity index (χ0v) is 17.1. The molecule has 0 aromatic rings. The fraction of sp³-hybridized carbons (Fsp3) is 0.952. The summed E-state index contributed by atoms with van der Waals surface area (Å²) in [7, 11) is 0. The van der Waals surface area contributed by atoms with E-state index in [4.69, 9.17) is 14.2 Å². The Balaban J connectivity index is 1.56. The van der Waals surface area contributed by atoms with Gasteiger partial charge < -0.3 is 19.5 Å². The zero-order chi connectivity index (χ0) is 18.8. The molecule has 5 nitrogen and oxygen atoms in total. The van der Waals surface area contributed by atoms with Gasteiger partial charge in [0.05, 0.1) is 33.0 Å². The molecule has 2 bridgehead atoms. The van der Waals surface area contributed by atoms with Crippen LogP contribution in [0.5, 0.6) is 0 Å². The third-order valence-corrected chi connectivity index (χ3v) is 5.74. The van der Waals surface area contributed by atoms with Crippen molar-refractivity contribution >= 4 is 5.91 Å². The predicted molar refractivity (Wildman–Crippen MR) is 103 cm³/mol. The van der Waals surface area contributed by atoms with Crippen LogP contribution in [0.25, 0.3) is 0 Å². The average molecular weight is 370 g/mol. The summed E-state index contributed by atoms with van der Waals surface area (Å²) in [6.45, 7) is 11.0. The third-order valence-electron chi connectivity index (χ3n) is 5.74. The summed E-state index contributed by atoms with van der Waals surface area (Å²) in [5, 5.41) is 3.14. The van der Waals surface area contributed by atoms with Gasteiger partial charge in [0.1, 0.15) is 0 Å². The standard InChI is InChI=1S/C21H39NO4/c1-4-6-24-8-10-26-11-9-25-7-5-22-20(23)21-14-17(2)12-19(16-21)13-18(3)15-21/h17-19H,4-16H2,1-3H3,(H,22,23). The van der Waals surface area contributed by atoms with Crippen molar-refractivity contribution in [3.63, 3.8) is 0 Å². The molecule has 152 valence electrons. The minimum atomic E-state index is -0.123. The van der Waals surface area contributed by atoms with Gasteiger partial charge in [-0.25, -0.2) is 0 Å². The van der Waals surface area contributed by atoms with Gasteiger partial charge in [0.25, 0.3) is 0 Å². The number of hydrogen-bond acceptors (Lipinski definition) is 4. The van der Waals surface area contributed by atoms with E-state index >= 15 is 0 Å². The maximum atomic E-state index is 12.9. The number of nitrogens with one attached hydrogen (secondary N) is 1. The lowest BCUT2D eigenvalue weighted by atomic mass is 9.56. The van der Waals surface area contributed by atoms with Gasteiger partial charge in [-0.15, -0.1) is 0 Å². The van der Waals surface area contributed by atoms with Gasteiger partial charge in [-0.2, -0.15) is 0 Å². The lowest BCUT2D eigenvalue weighted by Crippen LogP contribution is -2.50. The molecule has 0 saturated heterocycles. The minimum Gasteiger partial charge on any atom is -0.379 e. The van der Waals surface area contributed by atoms with E-state index in [1.165, 1.54) is 12.8 Å². The lowest BCUT2D eigenvalue weighted by Gasteiger charge is -2.48. The van der Waals surface area contributed by atoms with Gasteiger partial charge in [0, 0.05) is 18.6 Å². The second kappa shape index (κ2) is 11.3. The van der Waals surface area contributed by atoms with E-state index in [-0.39, 0.29) is 11.3 Å². The van der Waals surface area contributed by atoms with Crippen molar-refractivity contribution in [2.75, 3.05) is 46.2 Å². The molecule has 0 aromatic heterocycles. The fourth-order valence-corrected chi connectivity index (χ4v) is 5.09. The first-order valence-electron chi connectivity index (χ1n) is 10.6. The van der Waals surface area contributed by atoms with Crippen LogP contribution < -0.4 is 5.32 Å². The Morgan fingerprint density at radius 1 is 0.885 bits per heavy atom. The lowest BCUT2D eigenvalue weighted by molar-refractivity contribution is -0.139. The number of hydrogen-bond donors (Lipinski definition) is 1. The summed E-state index contributed by atoms with van der Waals surface area (Å²) in [6.07, 6.45) is 6.82. The second-order valence-electron chi connectivity index (χ2n) is 8.53. The monoisotopic (exact) mass is 369 g/mol. The minimum absolute atomic E-state index is 0.123. The first-order valence-corrected chi connectivity index (χ1v) is 10.6. The van der Waals surface area contributed by atoms with Crippen molar-refractivity contribution in [1.29, 1.82) is 0 Å². The number of carbonyl (C=O) groups is 1. The van der Waals surface area contributed by atoms with Crippen molar-refractivity contribution < 1.29 is 19.0 Å². The fourth-order valence-electron chi connectivity index (χ4n) is 5.09. The van der Waals surface area contributed by atoms with E-state index in [0.29, 0.717) is 51.4 Å². The molecule has 1 amide bonds. The molecule has 5 heteroatoms. The van der Waals surface area contributed by atoms with E-state index < -0.39 is 0 Å². The van der Waals surface area contributed by atoms with E-state index in [1.807, 2.05) is 0 Å². The highest BCUT2D eigenvalue weighted by molar-refractivity contribution is 5.83. The Morgan fingerprint density at radius 2 is 1.42 bits per heavy atom. The molecule has 1 N–H and O–H groups in total. The van der Waals surface area contributed by atoms with Crippen LogP contribution >= 0.6 is 0 Å². The highest BCUT2D eigenvalue weighted by atomic mass is 16.5. The van der Waals surface area contributed by atoms with Crippen LogP contribution in [-0.2, 0) is 19.0 Å². The summed E-state index contributed by atoms with van der Waals surface area (Å²) in [5.41, 5.74) is -0.123. The SMILES string of the molecule is CCCOCCOCCOCCNC(=O)C12CC(C)CC(CC(C)C1)C2. The van der Waals surface area contributed by atoms with Gasteiger partial charge in [0.15, 0.2) is 0 Å². The van der Waals surface area contributed by atoms with Crippen LogP contribution in [0, 0.1) is 23.2 Å². The third kappa shape index (κ3) is 6.82. The van der Waals surface area contributed by atoms with Gasteiger partial charge in [-0.05, 0) is 56.3 Å². The van der Waals surface area contributed by atoms with Gasteiger partial charge in [0.2, 0.25) is 5.91 Å². The molecule has 2 unspecified atom stereocenters. The molecule has 2 rings (SSSR count). The van der Waals surface area contributed by atoms with E-state index in [9.17, 15) is 4.79 Å². The second-order valence-corrected chi connectivity index (χ2v) is 8.53. The number of carbonyl (C=O) groups excluding carboxylic acids is 1. The van der Waals surface area contributed by atoms with Crippen molar-refractivity contribution in [3.05, 3.63) is 0 Å². The van der Waals surface area contributed by atoms with E-state index in [1.54, 1.807) is 0 Å². The molecule has 2 fully saturated rings. The van der Waals surface area contributed by atoms with Gasteiger partial charge >= 0.3 is 0 Å². The first kappa shape index (κ1) is 21.6. The number of rotatable bonds is 12. The zero-order valence-electron chi connectivity index (χ0n) is 17.1. The Kier molecular flexibility index (Phi) is 9.37. The molecule has 0 aliphatic heterocycles. The van der Waals surface area contributed by atoms with Crippen LogP contribution in [-0.4, -0.2) is 52.1 Å². The summed E-state index contributed by atoms with van der Waals surface area (Å²) >= 11 is 0. The van der Waals surface area contributed by atoms with Crippen LogP contribution in [0.4, 0.5) is 0 Å². The maximum absolute atomic E-state index is 12.9. The molecule has 2 atom stereocenters. The summed E-state index contributed by atoms with van der Waals surface area (Å²) in [5.74, 6) is 2.33. The van der Waals surface area contributed by atoms with Crippen molar-refractivity contribution in [1.82, 2.24) is 5.32 Å². The summed E-state index contributed by atoms with van der Waals surface area (Å²) in [4.78, 5) is 12.9. The van der Waals surface area contributed by atoms with Crippen molar-refractivity contribution in [2.45, 2.75) is 59.3 Å². The Bertz CT molecular complexity index is 395. The van der Waals surface area contributed by atoms with Crippen LogP contribution in [0.2, 0.25) is 0 Å².